The molecule has 0 bridgehead atoms. The zero-order valence-electron chi connectivity index (χ0n) is 12.1. The van der Waals surface area contributed by atoms with Crippen LogP contribution in [-0.2, 0) is 16.0 Å². The number of hydrogen-bond acceptors (Lipinski definition) is 5. The molecule has 0 aromatic heterocycles. The van der Waals surface area contributed by atoms with Gasteiger partial charge in [-0.05, 0) is 23.8 Å². The van der Waals surface area contributed by atoms with Crippen LogP contribution in [0.1, 0.15) is 15.9 Å². The van der Waals surface area contributed by atoms with Crippen molar-refractivity contribution in [2.75, 3.05) is 7.11 Å². The second kappa shape index (κ2) is 7.38. The Labute approximate surface area is 128 Å². The van der Waals surface area contributed by atoms with Gasteiger partial charge in [0.05, 0.1) is 12.7 Å². The first kappa shape index (κ1) is 15.7. The number of hydrogen-bond donors (Lipinski definition) is 1. The van der Waals surface area contributed by atoms with Gasteiger partial charge in [0.15, 0.2) is 6.10 Å². The van der Waals surface area contributed by atoms with Gasteiger partial charge in [-0.1, -0.05) is 36.4 Å². The van der Waals surface area contributed by atoms with Gasteiger partial charge >= 0.3 is 11.9 Å². The van der Waals surface area contributed by atoms with E-state index >= 15 is 0 Å². The number of carbonyl (C=O) groups is 2. The van der Waals surface area contributed by atoms with Gasteiger partial charge in [0, 0.05) is 6.42 Å². The smallest absolute Gasteiger partial charge is 0.343 e. The minimum absolute atomic E-state index is 0.00488. The van der Waals surface area contributed by atoms with E-state index in [1.54, 1.807) is 54.6 Å². The SMILES string of the molecule is COC(=O)[C@H](O)Cc1ccccc1OC(=O)c1ccccc1. The van der Waals surface area contributed by atoms with E-state index in [2.05, 4.69) is 4.74 Å². The standard InChI is InChI=1S/C17H16O5/c1-21-17(20)14(18)11-13-9-5-6-10-15(13)22-16(19)12-7-3-2-4-8-12/h2-10,14,18H,11H2,1H3/t14-/m1/s1. The summed E-state index contributed by atoms with van der Waals surface area (Å²) in [6.07, 6.45) is -1.30. The third-order valence-electron chi connectivity index (χ3n) is 3.07. The molecular weight excluding hydrogens is 284 g/mol. The third-order valence-corrected chi connectivity index (χ3v) is 3.07. The number of aliphatic hydroxyl groups excluding tert-OH is 1. The monoisotopic (exact) mass is 300 g/mol. The normalized spacial score (nSPS) is 11.5. The van der Waals surface area contributed by atoms with Crippen molar-refractivity contribution in [1.82, 2.24) is 0 Å². The van der Waals surface area contributed by atoms with Crippen LogP contribution in [0.15, 0.2) is 54.6 Å². The van der Waals surface area contributed by atoms with Gasteiger partial charge in [-0.25, -0.2) is 9.59 Å². The molecule has 0 unspecified atom stereocenters. The maximum atomic E-state index is 12.1. The van der Waals surface area contributed by atoms with E-state index < -0.39 is 18.0 Å². The number of aliphatic hydroxyl groups is 1. The lowest BCUT2D eigenvalue weighted by molar-refractivity contribution is -0.150. The zero-order chi connectivity index (χ0) is 15.9. The highest BCUT2D eigenvalue weighted by Gasteiger charge is 2.19. The fourth-order valence-electron chi connectivity index (χ4n) is 1.93. The van der Waals surface area contributed by atoms with Crippen molar-refractivity contribution in [3.63, 3.8) is 0 Å². The number of carbonyl (C=O) groups excluding carboxylic acids is 2. The molecule has 114 valence electrons. The molecule has 2 rings (SSSR count). The lowest BCUT2D eigenvalue weighted by Crippen LogP contribution is -2.24. The number of rotatable bonds is 5. The van der Waals surface area contributed by atoms with Gasteiger partial charge in [0.1, 0.15) is 5.75 Å². The van der Waals surface area contributed by atoms with Crippen LogP contribution >= 0.6 is 0 Å². The number of ether oxygens (including phenoxy) is 2. The molecule has 0 radical (unpaired) electrons. The van der Waals surface area contributed by atoms with Crippen molar-refractivity contribution < 1.29 is 24.2 Å². The first-order valence-electron chi connectivity index (χ1n) is 6.73. The predicted molar refractivity (Wildman–Crippen MR) is 79.6 cm³/mol. The summed E-state index contributed by atoms with van der Waals surface area (Å²) in [6, 6.07) is 15.3. The summed E-state index contributed by atoms with van der Waals surface area (Å²) in [4.78, 5) is 23.4. The molecule has 0 fully saturated rings. The number of benzene rings is 2. The van der Waals surface area contributed by atoms with Gasteiger partial charge in [0.25, 0.3) is 0 Å². The van der Waals surface area contributed by atoms with Gasteiger partial charge < -0.3 is 14.6 Å². The Bertz CT molecular complexity index is 651. The Kier molecular flexibility index (Phi) is 5.27. The van der Waals surface area contributed by atoms with Crippen molar-refractivity contribution in [2.45, 2.75) is 12.5 Å². The van der Waals surface area contributed by atoms with Crippen molar-refractivity contribution >= 4 is 11.9 Å². The molecule has 0 saturated heterocycles. The fourth-order valence-corrected chi connectivity index (χ4v) is 1.93. The van der Waals surface area contributed by atoms with Crippen LogP contribution in [0, 0.1) is 0 Å². The molecule has 2 aromatic rings. The van der Waals surface area contributed by atoms with E-state index in [1.807, 2.05) is 0 Å². The van der Waals surface area contributed by atoms with Crippen molar-refractivity contribution in [3.05, 3.63) is 65.7 Å². The van der Waals surface area contributed by atoms with Crippen LogP contribution < -0.4 is 4.74 Å². The van der Waals surface area contributed by atoms with E-state index in [0.29, 0.717) is 16.9 Å². The average Bonchev–Trinajstić information content (AvgIpc) is 2.56. The van der Waals surface area contributed by atoms with Gasteiger partial charge in [-0.2, -0.15) is 0 Å². The van der Waals surface area contributed by atoms with Gasteiger partial charge in [-0.3, -0.25) is 0 Å². The summed E-state index contributed by atoms with van der Waals surface area (Å²) in [6.45, 7) is 0. The lowest BCUT2D eigenvalue weighted by atomic mass is 10.1. The number of methoxy groups -OCH3 is 1. The molecule has 0 spiro atoms. The van der Waals surface area contributed by atoms with Crippen LogP contribution in [-0.4, -0.2) is 30.3 Å². The van der Waals surface area contributed by atoms with Crippen molar-refractivity contribution in [2.24, 2.45) is 0 Å². The minimum Gasteiger partial charge on any atom is -0.467 e. The second-order valence-electron chi connectivity index (χ2n) is 4.61. The van der Waals surface area contributed by atoms with E-state index in [1.165, 1.54) is 7.11 Å². The number of para-hydroxylation sites is 1. The van der Waals surface area contributed by atoms with Crippen molar-refractivity contribution in [1.29, 1.82) is 0 Å². The van der Waals surface area contributed by atoms with Crippen molar-refractivity contribution in [3.8, 4) is 5.75 Å². The molecule has 5 heteroatoms. The average molecular weight is 300 g/mol. The Hall–Kier alpha value is -2.66. The Balaban J connectivity index is 2.15. The summed E-state index contributed by atoms with van der Waals surface area (Å²) >= 11 is 0. The lowest BCUT2D eigenvalue weighted by Gasteiger charge is -2.12. The molecule has 0 aliphatic carbocycles. The molecule has 1 atom stereocenters. The van der Waals surface area contributed by atoms with Crippen LogP contribution in [0.4, 0.5) is 0 Å². The molecular formula is C17H16O5. The molecule has 2 aromatic carbocycles. The molecule has 0 aliphatic heterocycles. The molecule has 1 N–H and O–H groups in total. The molecule has 0 aliphatic rings. The summed E-state index contributed by atoms with van der Waals surface area (Å²) in [5.41, 5.74) is 0.968. The molecule has 0 heterocycles. The van der Waals surface area contributed by atoms with E-state index in [-0.39, 0.29) is 6.42 Å². The topological polar surface area (TPSA) is 72.8 Å². The van der Waals surface area contributed by atoms with E-state index in [4.69, 9.17) is 4.74 Å². The Morgan fingerprint density at radius 3 is 2.36 bits per heavy atom. The first-order chi connectivity index (χ1) is 10.6. The highest BCUT2D eigenvalue weighted by atomic mass is 16.5. The molecule has 0 amide bonds. The molecule has 0 saturated carbocycles. The largest absolute Gasteiger partial charge is 0.467 e. The summed E-state index contributed by atoms with van der Waals surface area (Å²) in [5, 5.41) is 9.73. The summed E-state index contributed by atoms with van der Waals surface area (Å²) in [5.74, 6) is -0.927. The fraction of sp³-hybridized carbons (Fsp3) is 0.176. The second-order valence-corrected chi connectivity index (χ2v) is 4.61. The van der Waals surface area contributed by atoms with Crippen LogP contribution in [0.25, 0.3) is 0 Å². The summed E-state index contributed by atoms with van der Waals surface area (Å²) in [7, 11) is 1.20. The van der Waals surface area contributed by atoms with Crippen LogP contribution in [0.3, 0.4) is 0 Å². The third kappa shape index (κ3) is 3.93. The first-order valence-corrected chi connectivity index (χ1v) is 6.73. The maximum absolute atomic E-state index is 12.1. The Morgan fingerprint density at radius 2 is 1.68 bits per heavy atom. The van der Waals surface area contributed by atoms with Gasteiger partial charge in [0.2, 0.25) is 0 Å². The molecule has 22 heavy (non-hydrogen) atoms. The highest BCUT2D eigenvalue weighted by molar-refractivity contribution is 5.91. The maximum Gasteiger partial charge on any atom is 0.343 e. The van der Waals surface area contributed by atoms with E-state index in [0.717, 1.165) is 0 Å². The quantitative estimate of drug-likeness (QED) is 0.675. The van der Waals surface area contributed by atoms with Crippen LogP contribution in [0.5, 0.6) is 5.75 Å². The minimum atomic E-state index is -1.30. The highest BCUT2D eigenvalue weighted by Crippen LogP contribution is 2.21. The van der Waals surface area contributed by atoms with E-state index in [9.17, 15) is 14.7 Å². The molecule has 5 nitrogen and oxygen atoms in total. The zero-order valence-corrected chi connectivity index (χ0v) is 12.1. The predicted octanol–water partition coefficient (Wildman–Crippen LogP) is 1.98. The van der Waals surface area contributed by atoms with Gasteiger partial charge in [-0.15, -0.1) is 0 Å². The summed E-state index contributed by atoms with van der Waals surface area (Å²) < 4.78 is 9.82. The number of esters is 2. The Morgan fingerprint density at radius 1 is 1.05 bits per heavy atom. The van der Waals surface area contributed by atoms with Crippen LogP contribution in [0.2, 0.25) is 0 Å².